The zero-order valence-electron chi connectivity index (χ0n) is 15.7. The van der Waals surface area contributed by atoms with Crippen molar-refractivity contribution in [2.75, 3.05) is 7.11 Å². The summed E-state index contributed by atoms with van der Waals surface area (Å²) in [6, 6.07) is 0. The molecule has 0 amide bonds. The number of methoxy groups -OCH3 is 1. The van der Waals surface area contributed by atoms with Crippen molar-refractivity contribution in [1.29, 1.82) is 0 Å². The van der Waals surface area contributed by atoms with Crippen LogP contribution in [0.4, 0.5) is 0 Å². The lowest BCUT2D eigenvalue weighted by Gasteiger charge is -2.00. The lowest BCUT2D eigenvalue weighted by molar-refractivity contribution is -0.140. The van der Waals surface area contributed by atoms with Gasteiger partial charge < -0.3 is 14.6 Å². The van der Waals surface area contributed by atoms with Crippen LogP contribution in [-0.2, 0) is 14.3 Å². The summed E-state index contributed by atoms with van der Waals surface area (Å²) in [5, 5.41) is 10.0. The maximum atomic E-state index is 10.9. The van der Waals surface area contributed by atoms with Gasteiger partial charge in [0.15, 0.2) is 0 Å². The Hall–Kier alpha value is -1.39. The number of aliphatic hydroxyl groups excluding tert-OH is 1. The minimum Gasteiger partial charge on any atom is -0.469 e. The highest BCUT2D eigenvalue weighted by Crippen LogP contribution is 2.30. The van der Waals surface area contributed by atoms with E-state index >= 15 is 0 Å². The van der Waals surface area contributed by atoms with Gasteiger partial charge in [-0.3, -0.25) is 4.79 Å². The van der Waals surface area contributed by atoms with Gasteiger partial charge in [0, 0.05) is 6.42 Å². The highest BCUT2D eigenvalue weighted by molar-refractivity contribution is 5.69. The van der Waals surface area contributed by atoms with Crippen molar-refractivity contribution in [2.24, 2.45) is 0 Å². The molecule has 0 unspecified atom stereocenters. The molecule has 0 bridgehead atoms. The van der Waals surface area contributed by atoms with E-state index in [0.717, 1.165) is 32.1 Å². The Balaban J connectivity index is 2.00. The second kappa shape index (κ2) is 13.9. The molecule has 0 aliphatic carbocycles. The number of epoxide rings is 1. The molecule has 4 nitrogen and oxygen atoms in total. The minimum atomic E-state index is -0.477. The van der Waals surface area contributed by atoms with Crippen molar-refractivity contribution in [1.82, 2.24) is 0 Å². The quantitative estimate of drug-likeness (QED) is 0.217. The van der Waals surface area contributed by atoms with Gasteiger partial charge in [-0.15, -0.1) is 0 Å². The molecular weight excluding hydrogens is 316 g/mol. The average molecular weight is 350 g/mol. The molecule has 1 aliphatic rings. The summed E-state index contributed by atoms with van der Waals surface area (Å²) >= 11 is 0. The summed E-state index contributed by atoms with van der Waals surface area (Å²) in [6.07, 6.45) is 20.6. The molecule has 0 aromatic carbocycles. The molecule has 1 heterocycles. The molecule has 4 heteroatoms. The Morgan fingerprint density at radius 3 is 2.56 bits per heavy atom. The number of carbonyl (C=O) groups excluding carboxylic acids is 1. The van der Waals surface area contributed by atoms with E-state index in [9.17, 15) is 9.90 Å². The molecule has 142 valence electrons. The zero-order valence-corrected chi connectivity index (χ0v) is 15.7. The zero-order chi connectivity index (χ0) is 18.3. The van der Waals surface area contributed by atoms with E-state index in [1.54, 1.807) is 0 Å². The van der Waals surface area contributed by atoms with Crippen LogP contribution in [0.5, 0.6) is 0 Å². The van der Waals surface area contributed by atoms with E-state index in [1.165, 1.54) is 26.4 Å². The first-order valence-corrected chi connectivity index (χ1v) is 9.56. The Morgan fingerprint density at radius 2 is 1.84 bits per heavy atom. The van der Waals surface area contributed by atoms with Gasteiger partial charge in [-0.25, -0.2) is 0 Å². The van der Waals surface area contributed by atoms with E-state index in [2.05, 4.69) is 36.0 Å². The van der Waals surface area contributed by atoms with Gasteiger partial charge in [0.1, 0.15) is 12.2 Å². The Kier molecular flexibility index (Phi) is 12.0. The summed E-state index contributed by atoms with van der Waals surface area (Å²) in [4.78, 5) is 10.9. The number of unbranched alkanes of at least 4 members (excludes halogenated alkanes) is 3. The van der Waals surface area contributed by atoms with E-state index in [4.69, 9.17) is 4.74 Å². The van der Waals surface area contributed by atoms with Gasteiger partial charge >= 0.3 is 5.97 Å². The number of hydrogen-bond donors (Lipinski definition) is 1. The fourth-order valence-electron chi connectivity index (χ4n) is 2.64. The number of hydrogen-bond acceptors (Lipinski definition) is 4. The van der Waals surface area contributed by atoms with E-state index in [-0.39, 0.29) is 18.2 Å². The highest BCUT2D eigenvalue weighted by Gasteiger charge is 2.42. The smallest absolute Gasteiger partial charge is 0.305 e. The predicted molar refractivity (Wildman–Crippen MR) is 101 cm³/mol. The molecule has 3 atom stereocenters. The molecule has 0 aromatic heterocycles. The molecule has 1 N–H and O–H groups in total. The number of ether oxygens (including phenoxy) is 2. The summed E-state index contributed by atoms with van der Waals surface area (Å²) in [6.45, 7) is 2.19. The lowest BCUT2D eigenvalue weighted by atomic mass is 10.1. The number of carbonyl (C=O) groups is 1. The van der Waals surface area contributed by atoms with Crippen LogP contribution in [0.2, 0.25) is 0 Å². The van der Waals surface area contributed by atoms with Gasteiger partial charge in [0.25, 0.3) is 0 Å². The molecular formula is C21H34O4. The molecule has 1 fully saturated rings. The summed E-state index contributed by atoms with van der Waals surface area (Å²) < 4.78 is 10.1. The molecule has 0 radical (unpaired) electrons. The number of allylic oxidation sites excluding steroid dienone is 5. The third-order valence-corrected chi connectivity index (χ3v) is 4.24. The van der Waals surface area contributed by atoms with Crippen LogP contribution in [0, 0.1) is 0 Å². The standard InChI is InChI=1S/C21H34O4/c1-3-4-12-16-19-21(25-19)18(22)15-13-10-8-6-5-7-9-11-14-17-20(23)24-2/h6-9,13,15,18-19,21-22H,3-5,10-12,14,16-17H2,1-2H3/b8-6-,9-7-,15-13-/t18-,19+,21-/m1/s1. The van der Waals surface area contributed by atoms with E-state index < -0.39 is 6.10 Å². The topological polar surface area (TPSA) is 59.1 Å². The largest absolute Gasteiger partial charge is 0.469 e. The number of aliphatic hydroxyl groups is 1. The number of rotatable bonds is 14. The molecule has 1 saturated heterocycles. The van der Waals surface area contributed by atoms with E-state index in [1.807, 2.05) is 12.2 Å². The maximum absolute atomic E-state index is 10.9. The monoisotopic (exact) mass is 350 g/mol. The molecule has 0 aromatic rings. The van der Waals surface area contributed by atoms with Crippen molar-refractivity contribution in [2.45, 2.75) is 83.0 Å². The Labute approximate surface area is 152 Å². The van der Waals surface area contributed by atoms with Crippen LogP contribution in [0.3, 0.4) is 0 Å². The first-order valence-electron chi connectivity index (χ1n) is 9.56. The molecule has 1 rings (SSSR count). The van der Waals surface area contributed by atoms with Crippen LogP contribution in [0.1, 0.15) is 64.7 Å². The van der Waals surface area contributed by atoms with Gasteiger partial charge in [-0.05, 0) is 32.1 Å². The molecule has 0 saturated carbocycles. The van der Waals surface area contributed by atoms with Gasteiger partial charge in [0.2, 0.25) is 0 Å². The number of esters is 1. The maximum Gasteiger partial charge on any atom is 0.305 e. The normalized spacial score (nSPS) is 21.4. The predicted octanol–water partition coefficient (Wildman–Crippen LogP) is 4.49. The van der Waals surface area contributed by atoms with Crippen molar-refractivity contribution >= 4 is 5.97 Å². The van der Waals surface area contributed by atoms with Crippen LogP contribution in [0.25, 0.3) is 0 Å². The van der Waals surface area contributed by atoms with Crippen molar-refractivity contribution in [3.63, 3.8) is 0 Å². The lowest BCUT2D eigenvalue weighted by Crippen LogP contribution is -2.13. The molecule has 25 heavy (non-hydrogen) atoms. The van der Waals surface area contributed by atoms with Gasteiger partial charge in [-0.2, -0.15) is 0 Å². The van der Waals surface area contributed by atoms with Crippen LogP contribution >= 0.6 is 0 Å². The van der Waals surface area contributed by atoms with Crippen LogP contribution in [0.15, 0.2) is 36.5 Å². The summed E-state index contributed by atoms with van der Waals surface area (Å²) in [5.41, 5.74) is 0. The second-order valence-corrected chi connectivity index (χ2v) is 6.44. The summed E-state index contributed by atoms with van der Waals surface area (Å²) in [7, 11) is 1.42. The molecule has 1 aliphatic heterocycles. The fraction of sp³-hybridized carbons (Fsp3) is 0.667. The first-order chi connectivity index (χ1) is 12.2. The van der Waals surface area contributed by atoms with Gasteiger partial charge in [0.05, 0.1) is 13.2 Å². The average Bonchev–Trinajstić information content (AvgIpc) is 3.39. The van der Waals surface area contributed by atoms with Crippen molar-refractivity contribution < 1.29 is 19.4 Å². The second-order valence-electron chi connectivity index (χ2n) is 6.44. The van der Waals surface area contributed by atoms with Crippen molar-refractivity contribution in [3.05, 3.63) is 36.5 Å². The summed E-state index contributed by atoms with van der Waals surface area (Å²) in [5.74, 6) is -0.147. The van der Waals surface area contributed by atoms with Gasteiger partial charge in [-0.1, -0.05) is 62.6 Å². The van der Waals surface area contributed by atoms with Crippen LogP contribution < -0.4 is 0 Å². The Bertz CT molecular complexity index is 439. The third-order valence-electron chi connectivity index (χ3n) is 4.24. The van der Waals surface area contributed by atoms with E-state index in [0.29, 0.717) is 6.42 Å². The Morgan fingerprint density at radius 1 is 1.12 bits per heavy atom. The minimum absolute atomic E-state index is 0.00464. The van der Waals surface area contributed by atoms with Crippen LogP contribution in [-0.4, -0.2) is 36.5 Å². The third kappa shape index (κ3) is 11.0. The van der Waals surface area contributed by atoms with Crippen molar-refractivity contribution in [3.8, 4) is 0 Å². The SMILES string of the molecule is CCCCC[C@@H]1O[C@@H]1[C@H](O)/C=C\C/C=C\C/C=C\CCCC(=O)OC. The fourth-order valence-corrected chi connectivity index (χ4v) is 2.64. The molecule has 0 spiro atoms. The highest BCUT2D eigenvalue weighted by atomic mass is 16.6. The first kappa shape index (κ1) is 21.7.